The fraction of sp³-hybridized carbons (Fsp3) is 0.312. The molecular formula is C16H20N2OS. The molecule has 0 bridgehead atoms. The first-order valence-electron chi connectivity index (χ1n) is 6.62. The molecule has 1 heterocycles. The fourth-order valence-electron chi connectivity index (χ4n) is 1.78. The van der Waals surface area contributed by atoms with Crippen molar-refractivity contribution >= 4 is 11.4 Å². The number of benzene rings is 1. The molecule has 3 nitrogen and oxygen atoms in total. The van der Waals surface area contributed by atoms with Crippen LogP contribution in [0.3, 0.4) is 0 Å². The first-order chi connectivity index (χ1) is 9.48. The molecular weight excluding hydrogens is 268 g/mol. The van der Waals surface area contributed by atoms with E-state index in [0.717, 1.165) is 11.3 Å². The van der Waals surface area contributed by atoms with Crippen LogP contribution in [0.15, 0.2) is 54.7 Å². The molecule has 0 unspecified atom stereocenters. The topological polar surface area (TPSA) is 48.0 Å². The Bertz CT molecular complexity index is 486. The highest BCUT2D eigenvalue weighted by Crippen LogP contribution is 2.24. The summed E-state index contributed by atoms with van der Waals surface area (Å²) in [6, 6.07) is 15.6. The Kier molecular flexibility index (Phi) is 4.81. The molecule has 1 aromatic carbocycles. The van der Waals surface area contributed by atoms with E-state index in [9.17, 15) is 4.55 Å². The average molecular weight is 288 g/mol. The molecule has 1 N–H and O–H groups in total. The predicted molar refractivity (Wildman–Crippen MR) is 83.6 cm³/mol. The number of hydrogen-bond donors (Lipinski definition) is 1. The first kappa shape index (κ1) is 15.0. The van der Waals surface area contributed by atoms with Crippen LogP contribution in [-0.4, -0.2) is 14.3 Å². The second kappa shape index (κ2) is 6.39. The van der Waals surface area contributed by atoms with Gasteiger partial charge < -0.3 is 4.55 Å². The monoisotopic (exact) mass is 288 g/mol. The number of nitrogens with zero attached hydrogens (tertiary/aromatic N) is 1. The van der Waals surface area contributed by atoms with E-state index in [4.69, 9.17) is 0 Å². The SMILES string of the molecule is CC(C)(C)[S@@+]([O-])N[C@@H](c1ccccc1)c1ccccn1. The quantitative estimate of drug-likeness (QED) is 0.879. The standard InChI is InChI=1S/C16H20N2OS/c1-16(2,3)20(19)18-15(13-9-5-4-6-10-13)14-11-7-8-12-17-14/h4-12,15,18H,1-3H3/t15-,20+/m0/s1. The van der Waals surface area contributed by atoms with Gasteiger partial charge in [0.2, 0.25) is 0 Å². The van der Waals surface area contributed by atoms with Crippen molar-refractivity contribution in [2.24, 2.45) is 0 Å². The highest BCUT2D eigenvalue weighted by molar-refractivity contribution is 7.90. The molecule has 0 radical (unpaired) electrons. The zero-order valence-electron chi connectivity index (χ0n) is 12.0. The van der Waals surface area contributed by atoms with E-state index >= 15 is 0 Å². The summed E-state index contributed by atoms with van der Waals surface area (Å²) in [7, 11) is 0. The Labute approximate surface area is 123 Å². The molecule has 106 valence electrons. The van der Waals surface area contributed by atoms with Gasteiger partial charge in [0.15, 0.2) is 0 Å². The van der Waals surface area contributed by atoms with Gasteiger partial charge in [-0.15, -0.1) is 4.72 Å². The van der Waals surface area contributed by atoms with Crippen LogP contribution in [0.1, 0.15) is 38.1 Å². The van der Waals surface area contributed by atoms with Crippen LogP contribution in [0.4, 0.5) is 0 Å². The first-order valence-corrected chi connectivity index (χ1v) is 7.77. The number of rotatable bonds is 4. The average Bonchev–Trinajstić information content (AvgIpc) is 2.45. The molecule has 2 atom stereocenters. The van der Waals surface area contributed by atoms with Crippen molar-refractivity contribution in [3.63, 3.8) is 0 Å². The molecule has 1 aromatic heterocycles. The Morgan fingerprint density at radius 2 is 1.70 bits per heavy atom. The Morgan fingerprint density at radius 1 is 1.05 bits per heavy atom. The van der Waals surface area contributed by atoms with Crippen LogP contribution in [0, 0.1) is 0 Å². The second-order valence-electron chi connectivity index (χ2n) is 5.60. The molecule has 0 aliphatic carbocycles. The van der Waals surface area contributed by atoms with Crippen molar-refractivity contribution in [2.75, 3.05) is 0 Å². The lowest BCUT2D eigenvalue weighted by Crippen LogP contribution is -2.41. The van der Waals surface area contributed by atoms with Crippen molar-refractivity contribution in [2.45, 2.75) is 31.6 Å². The zero-order valence-corrected chi connectivity index (χ0v) is 12.9. The van der Waals surface area contributed by atoms with Crippen LogP contribution in [-0.2, 0) is 11.4 Å². The van der Waals surface area contributed by atoms with Gasteiger partial charge in [-0.1, -0.05) is 36.4 Å². The minimum Gasteiger partial charge on any atom is -0.598 e. The zero-order chi connectivity index (χ0) is 14.6. The summed E-state index contributed by atoms with van der Waals surface area (Å²) in [4.78, 5) is 4.39. The molecule has 0 aliphatic heterocycles. The number of pyridine rings is 1. The van der Waals surface area contributed by atoms with Gasteiger partial charge in [0.25, 0.3) is 0 Å². The molecule has 2 rings (SSSR count). The summed E-state index contributed by atoms with van der Waals surface area (Å²) in [6.07, 6.45) is 1.76. The molecule has 0 saturated heterocycles. The molecule has 0 amide bonds. The van der Waals surface area contributed by atoms with Crippen LogP contribution >= 0.6 is 0 Å². The summed E-state index contributed by atoms with van der Waals surface area (Å²) >= 11 is -1.16. The van der Waals surface area contributed by atoms with Crippen molar-refractivity contribution in [3.05, 3.63) is 66.0 Å². The molecule has 0 spiro atoms. The molecule has 0 aliphatic rings. The number of nitrogens with one attached hydrogen (secondary N) is 1. The summed E-state index contributed by atoms with van der Waals surface area (Å²) in [5, 5.41) is 0. The van der Waals surface area contributed by atoms with E-state index in [1.54, 1.807) is 6.20 Å². The van der Waals surface area contributed by atoms with Gasteiger partial charge in [-0.05, 0) is 38.5 Å². The number of aromatic nitrogens is 1. The van der Waals surface area contributed by atoms with E-state index in [0.29, 0.717) is 0 Å². The third kappa shape index (κ3) is 3.82. The summed E-state index contributed by atoms with van der Waals surface area (Å²) in [6.45, 7) is 5.86. The van der Waals surface area contributed by atoms with E-state index in [2.05, 4.69) is 9.71 Å². The maximum Gasteiger partial charge on any atom is 0.136 e. The molecule has 0 saturated carbocycles. The number of hydrogen-bond acceptors (Lipinski definition) is 3. The van der Waals surface area contributed by atoms with Gasteiger partial charge in [-0.25, -0.2) is 0 Å². The summed E-state index contributed by atoms with van der Waals surface area (Å²) < 4.78 is 15.3. The fourth-order valence-corrected chi connectivity index (χ4v) is 2.60. The highest BCUT2D eigenvalue weighted by Gasteiger charge is 2.30. The van der Waals surface area contributed by atoms with Crippen molar-refractivity contribution in [1.29, 1.82) is 0 Å². The van der Waals surface area contributed by atoms with Gasteiger partial charge in [-0.3, -0.25) is 4.98 Å². The minimum absolute atomic E-state index is 0.169. The maximum atomic E-state index is 12.4. The van der Waals surface area contributed by atoms with Crippen LogP contribution in [0.25, 0.3) is 0 Å². The van der Waals surface area contributed by atoms with Gasteiger partial charge in [0.1, 0.15) is 10.8 Å². The van der Waals surface area contributed by atoms with Crippen molar-refractivity contribution in [3.8, 4) is 0 Å². The lowest BCUT2D eigenvalue weighted by atomic mass is 10.0. The summed E-state index contributed by atoms with van der Waals surface area (Å²) in [5.74, 6) is 0. The largest absolute Gasteiger partial charge is 0.598 e. The molecule has 2 aromatic rings. The molecule has 4 heteroatoms. The summed E-state index contributed by atoms with van der Waals surface area (Å²) in [5.41, 5.74) is 1.93. The van der Waals surface area contributed by atoms with Crippen LogP contribution < -0.4 is 4.72 Å². The second-order valence-corrected chi connectivity index (χ2v) is 7.60. The molecule has 20 heavy (non-hydrogen) atoms. The Morgan fingerprint density at radius 3 is 2.25 bits per heavy atom. The van der Waals surface area contributed by atoms with Crippen molar-refractivity contribution < 1.29 is 4.55 Å². The predicted octanol–water partition coefficient (Wildman–Crippen LogP) is 3.22. The molecule has 0 fully saturated rings. The van der Waals surface area contributed by atoms with Crippen LogP contribution in [0.2, 0.25) is 0 Å². The Balaban J connectivity index is 2.31. The smallest absolute Gasteiger partial charge is 0.136 e. The maximum absolute atomic E-state index is 12.4. The lowest BCUT2D eigenvalue weighted by molar-refractivity contribution is 0.534. The van der Waals surface area contributed by atoms with E-state index < -0.39 is 11.4 Å². The van der Waals surface area contributed by atoms with Crippen molar-refractivity contribution in [1.82, 2.24) is 9.71 Å². The Hall–Kier alpha value is -1.36. The normalized spacial score (nSPS) is 14.8. The third-order valence-electron chi connectivity index (χ3n) is 2.90. The van der Waals surface area contributed by atoms with E-state index in [-0.39, 0.29) is 10.8 Å². The lowest BCUT2D eigenvalue weighted by Gasteiger charge is -2.28. The third-order valence-corrected chi connectivity index (χ3v) is 4.46. The van der Waals surface area contributed by atoms with E-state index in [1.807, 2.05) is 69.3 Å². The van der Waals surface area contributed by atoms with Crippen LogP contribution in [0.5, 0.6) is 0 Å². The van der Waals surface area contributed by atoms with Gasteiger partial charge in [0, 0.05) is 17.6 Å². The van der Waals surface area contributed by atoms with Gasteiger partial charge in [-0.2, -0.15) is 0 Å². The minimum atomic E-state index is -1.16. The van der Waals surface area contributed by atoms with Gasteiger partial charge in [0.05, 0.1) is 5.69 Å². The van der Waals surface area contributed by atoms with Gasteiger partial charge >= 0.3 is 0 Å². The van der Waals surface area contributed by atoms with E-state index in [1.165, 1.54) is 0 Å². The highest BCUT2D eigenvalue weighted by atomic mass is 32.2.